The lowest BCUT2D eigenvalue weighted by Gasteiger charge is -2.32. The number of nitrogens with zero attached hydrogens (tertiary/aromatic N) is 2. The van der Waals surface area contributed by atoms with E-state index < -0.39 is 0 Å². The summed E-state index contributed by atoms with van der Waals surface area (Å²) in [6.07, 6.45) is 5.72. The topological polar surface area (TPSA) is 78.1 Å². The Labute approximate surface area is 145 Å². The highest BCUT2D eigenvalue weighted by molar-refractivity contribution is 5.94. The molecule has 1 saturated heterocycles. The number of rotatable bonds is 5. The average molecular weight is 344 g/mol. The molecule has 0 aliphatic carbocycles. The number of imidazole rings is 1. The number of halogens is 1. The van der Waals surface area contributed by atoms with Crippen LogP contribution < -0.4 is 5.32 Å². The van der Waals surface area contributed by atoms with Crippen LogP contribution in [-0.4, -0.2) is 46.3 Å². The van der Waals surface area contributed by atoms with Crippen molar-refractivity contribution < 1.29 is 14.0 Å². The summed E-state index contributed by atoms with van der Waals surface area (Å²) < 4.78 is 12.9. The molecule has 132 valence electrons. The SMILES string of the molecule is O=C(NCCC(=O)N1CCC[C@H](c2ncc[nH]2)C1)c1ccc(F)cc1. The number of hydrogen-bond acceptors (Lipinski definition) is 3. The number of piperidine rings is 1. The summed E-state index contributed by atoms with van der Waals surface area (Å²) in [7, 11) is 0. The zero-order chi connectivity index (χ0) is 17.6. The van der Waals surface area contributed by atoms with Gasteiger partial charge in [0, 0.05) is 49.9 Å². The number of amides is 2. The second kappa shape index (κ2) is 7.92. The molecule has 1 aromatic carbocycles. The van der Waals surface area contributed by atoms with Gasteiger partial charge >= 0.3 is 0 Å². The summed E-state index contributed by atoms with van der Waals surface area (Å²) >= 11 is 0. The first kappa shape index (κ1) is 17.1. The van der Waals surface area contributed by atoms with Crippen molar-refractivity contribution >= 4 is 11.8 Å². The number of hydrogen-bond donors (Lipinski definition) is 2. The zero-order valence-electron chi connectivity index (χ0n) is 13.9. The van der Waals surface area contributed by atoms with Gasteiger partial charge in [0.05, 0.1) is 0 Å². The van der Waals surface area contributed by atoms with Crippen molar-refractivity contribution in [3.8, 4) is 0 Å². The zero-order valence-corrected chi connectivity index (χ0v) is 13.9. The van der Waals surface area contributed by atoms with E-state index in [4.69, 9.17) is 0 Å². The fraction of sp³-hybridized carbons (Fsp3) is 0.389. The Kier molecular flexibility index (Phi) is 5.42. The molecule has 1 aliphatic heterocycles. The Morgan fingerprint density at radius 3 is 2.84 bits per heavy atom. The molecule has 1 aliphatic rings. The van der Waals surface area contributed by atoms with E-state index in [1.807, 2.05) is 4.90 Å². The van der Waals surface area contributed by atoms with E-state index in [0.29, 0.717) is 12.1 Å². The highest BCUT2D eigenvalue weighted by Crippen LogP contribution is 2.24. The largest absolute Gasteiger partial charge is 0.352 e. The normalized spacial score (nSPS) is 17.3. The minimum atomic E-state index is -0.386. The minimum absolute atomic E-state index is 0.0238. The molecular weight excluding hydrogens is 323 g/mol. The van der Waals surface area contributed by atoms with Crippen LogP contribution in [-0.2, 0) is 4.79 Å². The lowest BCUT2D eigenvalue weighted by atomic mass is 9.97. The van der Waals surface area contributed by atoms with Crippen LogP contribution in [0.25, 0.3) is 0 Å². The van der Waals surface area contributed by atoms with Gasteiger partial charge in [0.25, 0.3) is 5.91 Å². The highest BCUT2D eigenvalue weighted by atomic mass is 19.1. The molecule has 1 atom stereocenters. The summed E-state index contributed by atoms with van der Waals surface area (Å²) in [6, 6.07) is 5.32. The minimum Gasteiger partial charge on any atom is -0.352 e. The van der Waals surface area contributed by atoms with Crippen LogP contribution in [0.4, 0.5) is 4.39 Å². The van der Waals surface area contributed by atoms with Gasteiger partial charge in [0.15, 0.2) is 0 Å². The van der Waals surface area contributed by atoms with Crippen LogP contribution in [0, 0.1) is 5.82 Å². The van der Waals surface area contributed by atoms with Crippen molar-refractivity contribution in [3.05, 3.63) is 53.9 Å². The molecule has 2 heterocycles. The fourth-order valence-electron chi connectivity index (χ4n) is 3.07. The molecule has 0 radical (unpaired) electrons. The van der Waals surface area contributed by atoms with Gasteiger partial charge in [-0.05, 0) is 37.1 Å². The second-order valence-corrected chi connectivity index (χ2v) is 6.17. The van der Waals surface area contributed by atoms with Gasteiger partial charge in [-0.2, -0.15) is 0 Å². The van der Waals surface area contributed by atoms with Crippen LogP contribution in [0.5, 0.6) is 0 Å². The van der Waals surface area contributed by atoms with Gasteiger partial charge < -0.3 is 15.2 Å². The van der Waals surface area contributed by atoms with E-state index in [9.17, 15) is 14.0 Å². The van der Waals surface area contributed by atoms with Crippen molar-refractivity contribution in [2.45, 2.75) is 25.2 Å². The first-order chi connectivity index (χ1) is 12.1. The molecule has 7 heteroatoms. The molecule has 2 aromatic rings. The maximum atomic E-state index is 12.9. The number of benzene rings is 1. The number of carbonyl (C=O) groups is 2. The maximum Gasteiger partial charge on any atom is 0.251 e. The second-order valence-electron chi connectivity index (χ2n) is 6.17. The number of H-pyrrole nitrogens is 1. The maximum absolute atomic E-state index is 12.9. The molecule has 2 amide bonds. The molecular formula is C18H21FN4O2. The highest BCUT2D eigenvalue weighted by Gasteiger charge is 2.25. The predicted molar refractivity (Wildman–Crippen MR) is 90.5 cm³/mol. The third-order valence-corrected chi connectivity index (χ3v) is 4.41. The summed E-state index contributed by atoms with van der Waals surface area (Å²) in [5.74, 6) is 0.488. The van der Waals surface area contributed by atoms with E-state index in [1.165, 1.54) is 24.3 Å². The summed E-state index contributed by atoms with van der Waals surface area (Å²) in [5, 5.41) is 2.70. The standard InChI is InChI=1S/C18H21FN4O2/c19-15-5-3-13(4-6-15)18(25)22-8-7-16(24)23-11-1-2-14(12-23)17-20-9-10-21-17/h3-6,9-10,14H,1-2,7-8,11-12H2,(H,20,21)(H,22,25)/t14-/m0/s1. The molecule has 6 nitrogen and oxygen atoms in total. The Hall–Kier alpha value is -2.70. The van der Waals surface area contributed by atoms with Crippen molar-refractivity contribution in [1.82, 2.24) is 20.2 Å². The number of aromatic amines is 1. The monoisotopic (exact) mass is 344 g/mol. The number of aromatic nitrogens is 2. The molecule has 0 spiro atoms. The Balaban J connectivity index is 1.45. The van der Waals surface area contributed by atoms with Crippen molar-refractivity contribution in [2.75, 3.05) is 19.6 Å². The number of likely N-dealkylation sites (tertiary alicyclic amines) is 1. The van der Waals surface area contributed by atoms with Crippen LogP contribution in [0.3, 0.4) is 0 Å². The third kappa shape index (κ3) is 4.43. The number of nitrogens with one attached hydrogen (secondary N) is 2. The number of carbonyl (C=O) groups excluding carboxylic acids is 2. The molecule has 1 aromatic heterocycles. The summed E-state index contributed by atoms with van der Waals surface area (Å²) in [4.78, 5) is 33.6. The third-order valence-electron chi connectivity index (χ3n) is 4.41. The molecule has 25 heavy (non-hydrogen) atoms. The fourth-order valence-corrected chi connectivity index (χ4v) is 3.07. The van der Waals surface area contributed by atoms with Crippen LogP contribution in [0.2, 0.25) is 0 Å². The average Bonchev–Trinajstić information content (AvgIpc) is 3.17. The van der Waals surface area contributed by atoms with Crippen molar-refractivity contribution in [2.24, 2.45) is 0 Å². The Morgan fingerprint density at radius 1 is 1.32 bits per heavy atom. The van der Waals surface area contributed by atoms with E-state index in [0.717, 1.165) is 25.2 Å². The first-order valence-electron chi connectivity index (χ1n) is 8.44. The molecule has 3 rings (SSSR count). The van der Waals surface area contributed by atoms with Gasteiger partial charge in [-0.15, -0.1) is 0 Å². The summed E-state index contributed by atoms with van der Waals surface area (Å²) in [6.45, 7) is 1.65. The molecule has 2 N–H and O–H groups in total. The van der Waals surface area contributed by atoms with Crippen LogP contribution >= 0.6 is 0 Å². The van der Waals surface area contributed by atoms with E-state index in [1.54, 1.807) is 12.4 Å². The quantitative estimate of drug-likeness (QED) is 0.872. The van der Waals surface area contributed by atoms with Crippen molar-refractivity contribution in [1.29, 1.82) is 0 Å². The van der Waals surface area contributed by atoms with E-state index in [2.05, 4.69) is 15.3 Å². The molecule has 1 fully saturated rings. The lowest BCUT2D eigenvalue weighted by Crippen LogP contribution is -2.40. The molecule has 0 saturated carbocycles. The van der Waals surface area contributed by atoms with Crippen molar-refractivity contribution in [3.63, 3.8) is 0 Å². The van der Waals surface area contributed by atoms with Gasteiger partial charge in [-0.25, -0.2) is 9.37 Å². The van der Waals surface area contributed by atoms with Gasteiger partial charge in [-0.1, -0.05) is 0 Å². The van der Waals surface area contributed by atoms with E-state index in [-0.39, 0.29) is 36.5 Å². The van der Waals surface area contributed by atoms with Crippen LogP contribution in [0.1, 0.15) is 41.4 Å². The Bertz CT molecular complexity index is 715. The summed E-state index contributed by atoms with van der Waals surface area (Å²) in [5.41, 5.74) is 0.379. The lowest BCUT2D eigenvalue weighted by molar-refractivity contribution is -0.132. The predicted octanol–water partition coefficient (Wildman–Crippen LogP) is 2.07. The van der Waals surface area contributed by atoms with Gasteiger partial charge in [0.1, 0.15) is 11.6 Å². The molecule has 0 bridgehead atoms. The van der Waals surface area contributed by atoms with E-state index >= 15 is 0 Å². The molecule has 0 unspecified atom stereocenters. The Morgan fingerprint density at radius 2 is 2.12 bits per heavy atom. The smallest absolute Gasteiger partial charge is 0.251 e. The van der Waals surface area contributed by atoms with Gasteiger partial charge in [-0.3, -0.25) is 9.59 Å². The van der Waals surface area contributed by atoms with Crippen LogP contribution in [0.15, 0.2) is 36.7 Å². The first-order valence-corrected chi connectivity index (χ1v) is 8.44. The van der Waals surface area contributed by atoms with Gasteiger partial charge in [0.2, 0.25) is 5.91 Å².